The number of nitrogens with zero attached hydrogens (tertiary/aromatic N) is 6. The quantitative estimate of drug-likeness (QED) is 0.471. The molecule has 1 fully saturated rings. The average Bonchev–Trinajstić information content (AvgIpc) is 3.35. The molecule has 8 nitrogen and oxygen atoms in total. The molecule has 0 atom stereocenters. The van der Waals surface area contributed by atoms with Crippen LogP contribution >= 0.6 is 23.1 Å². The van der Waals surface area contributed by atoms with E-state index in [1.54, 1.807) is 30.0 Å². The number of aromatic nitrogens is 5. The van der Waals surface area contributed by atoms with Gasteiger partial charge in [-0.1, -0.05) is 12.1 Å². The van der Waals surface area contributed by atoms with Crippen molar-refractivity contribution < 1.29 is 4.79 Å². The van der Waals surface area contributed by atoms with E-state index >= 15 is 0 Å². The van der Waals surface area contributed by atoms with Crippen molar-refractivity contribution in [1.29, 1.82) is 0 Å². The lowest BCUT2D eigenvalue weighted by Gasteiger charge is -2.31. The van der Waals surface area contributed by atoms with Crippen LogP contribution in [0.25, 0.3) is 21.4 Å². The molecule has 166 valence electrons. The molecule has 1 saturated heterocycles. The summed E-state index contributed by atoms with van der Waals surface area (Å²) in [6.45, 7) is 6.23. The number of hydrogen-bond acceptors (Lipinski definition) is 8. The highest BCUT2D eigenvalue weighted by molar-refractivity contribution is 8.01. The van der Waals surface area contributed by atoms with E-state index in [1.165, 1.54) is 16.6 Å². The molecule has 0 radical (unpaired) electrons. The third-order valence-corrected chi connectivity index (χ3v) is 8.38. The number of hydrogen-bond donors (Lipinski definition) is 1. The highest BCUT2D eigenvalue weighted by Gasteiger charge is 2.23. The summed E-state index contributed by atoms with van der Waals surface area (Å²) < 4.78 is 4.30. The first kappa shape index (κ1) is 21.1. The normalized spacial score (nSPS) is 15.1. The number of carbonyl (C=O) groups excluding carboxylic acids is 1. The number of anilines is 1. The summed E-state index contributed by atoms with van der Waals surface area (Å²) in [5.74, 6) is 1.14. The second-order valence-corrected chi connectivity index (χ2v) is 10.4. The van der Waals surface area contributed by atoms with Gasteiger partial charge in [-0.15, -0.1) is 11.3 Å². The fraction of sp³-hybridized carbons (Fsp3) is 0.409. The van der Waals surface area contributed by atoms with E-state index in [0.29, 0.717) is 17.3 Å². The highest BCUT2D eigenvalue weighted by Crippen LogP contribution is 2.37. The number of nitrogens with two attached hydrogens (primary N) is 1. The number of likely N-dealkylation sites (tertiary alicyclic amines) is 1. The smallest absolute Gasteiger partial charge is 0.219 e. The number of amides is 1. The van der Waals surface area contributed by atoms with Crippen LogP contribution < -0.4 is 5.73 Å². The maximum Gasteiger partial charge on any atom is 0.219 e. The third-order valence-electron chi connectivity index (χ3n) is 6.12. The van der Waals surface area contributed by atoms with Gasteiger partial charge in [0.1, 0.15) is 6.33 Å². The number of benzene rings is 1. The van der Waals surface area contributed by atoms with Crippen molar-refractivity contribution >= 4 is 56.2 Å². The number of thiazole rings is 1. The summed E-state index contributed by atoms with van der Waals surface area (Å²) in [5.41, 5.74) is 9.75. The Hall–Kier alpha value is -2.72. The monoisotopic (exact) mass is 467 g/mol. The summed E-state index contributed by atoms with van der Waals surface area (Å²) in [6, 6.07) is 6.19. The summed E-state index contributed by atoms with van der Waals surface area (Å²) >= 11 is 3.24. The Labute approximate surface area is 194 Å². The topological polar surface area (TPSA) is 103 Å². The summed E-state index contributed by atoms with van der Waals surface area (Å²) in [7, 11) is 0. The maximum atomic E-state index is 11.6. The average molecular weight is 468 g/mol. The number of rotatable bonds is 5. The molecule has 0 aliphatic carbocycles. The number of carbonyl (C=O) groups is 1. The van der Waals surface area contributed by atoms with Crippen molar-refractivity contribution in [2.45, 2.75) is 49.2 Å². The lowest BCUT2D eigenvalue weighted by Crippen LogP contribution is -2.37. The number of piperidine rings is 1. The van der Waals surface area contributed by atoms with E-state index < -0.39 is 0 Å². The molecule has 0 bridgehead atoms. The lowest BCUT2D eigenvalue weighted by molar-refractivity contribution is -0.130. The van der Waals surface area contributed by atoms with Crippen molar-refractivity contribution in [1.82, 2.24) is 29.4 Å². The molecule has 4 aromatic rings. The predicted octanol–water partition coefficient (Wildman–Crippen LogP) is 4.13. The van der Waals surface area contributed by atoms with Crippen LogP contribution in [0, 0.1) is 12.8 Å². The number of fused-ring (bicyclic) bond motifs is 2. The van der Waals surface area contributed by atoms with Crippen molar-refractivity contribution in [3.63, 3.8) is 0 Å². The van der Waals surface area contributed by atoms with Crippen molar-refractivity contribution in [2.24, 2.45) is 5.92 Å². The van der Waals surface area contributed by atoms with Crippen LogP contribution in [0.5, 0.6) is 0 Å². The number of aryl methyl sites for hydroxylation is 2. The zero-order chi connectivity index (χ0) is 22.2. The van der Waals surface area contributed by atoms with Gasteiger partial charge in [-0.25, -0.2) is 19.9 Å². The van der Waals surface area contributed by atoms with Crippen LogP contribution in [0.2, 0.25) is 0 Å². The molecule has 1 amide bonds. The second-order valence-electron chi connectivity index (χ2n) is 8.22. The predicted molar refractivity (Wildman–Crippen MR) is 128 cm³/mol. The fourth-order valence-electron chi connectivity index (χ4n) is 4.25. The van der Waals surface area contributed by atoms with Gasteiger partial charge in [0, 0.05) is 26.6 Å². The van der Waals surface area contributed by atoms with E-state index in [-0.39, 0.29) is 5.91 Å². The molecular weight excluding hydrogens is 442 g/mol. The molecule has 0 spiro atoms. The van der Waals surface area contributed by atoms with Gasteiger partial charge in [-0.2, -0.15) is 0 Å². The molecule has 0 unspecified atom stereocenters. The Kier molecular flexibility index (Phi) is 5.73. The van der Waals surface area contributed by atoms with Crippen molar-refractivity contribution in [3.05, 3.63) is 30.1 Å². The van der Waals surface area contributed by atoms with Gasteiger partial charge in [-0.3, -0.25) is 4.79 Å². The van der Waals surface area contributed by atoms with Gasteiger partial charge in [-0.05, 0) is 55.5 Å². The summed E-state index contributed by atoms with van der Waals surface area (Å²) in [4.78, 5) is 31.7. The highest BCUT2D eigenvalue weighted by atomic mass is 32.2. The SMILES string of the molecule is CC(=O)N1CCC(CCn2c(Sc3nc4cccc(C)c4s3)nc3c(N)ncnc32)CC1. The first-order valence-electron chi connectivity index (χ1n) is 10.8. The Balaban J connectivity index is 1.41. The molecule has 1 aliphatic heterocycles. The molecular formula is C22H25N7OS2. The lowest BCUT2D eigenvalue weighted by atomic mass is 9.93. The molecule has 32 heavy (non-hydrogen) atoms. The minimum Gasteiger partial charge on any atom is -0.382 e. The fourth-order valence-corrected chi connectivity index (χ4v) is 6.38. The van der Waals surface area contributed by atoms with Gasteiger partial charge in [0.15, 0.2) is 26.5 Å². The molecule has 4 heterocycles. The van der Waals surface area contributed by atoms with Crippen LogP contribution in [0.4, 0.5) is 5.82 Å². The molecule has 5 rings (SSSR count). The molecule has 0 saturated carbocycles. The minimum atomic E-state index is 0.168. The summed E-state index contributed by atoms with van der Waals surface area (Å²) in [5, 5.41) is 0.838. The number of nitrogen functional groups attached to an aromatic ring is 1. The Morgan fingerprint density at radius 1 is 1.25 bits per heavy atom. The van der Waals surface area contributed by atoms with Crippen molar-refractivity contribution in [3.8, 4) is 0 Å². The van der Waals surface area contributed by atoms with Gasteiger partial charge in [0.25, 0.3) is 0 Å². The standard InChI is InChI=1S/C22H25N7OS2/c1-13-4-3-5-16-18(13)31-22(26-16)32-21-27-17-19(23)24-12-25-20(17)29(21)11-8-15-6-9-28(10-7-15)14(2)30/h3-5,12,15H,6-11H2,1-2H3,(H2,23,24,25). The van der Waals surface area contributed by atoms with Crippen LogP contribution in [0.1, 0.15) is 31.7 Å². The first-order chi connectivity index (χ1) is 15.5. The molecule has 10 heteroatoms. The van der Waals surface area contributed by atoms with Gasteiger partial charge >= 0.3 is 0 Å². The Bertz CT molecular complexity index is 1290. The zero-order valence-corrected chi connectivity index (χ0v) is 19.7. The first-order valence-corrected chi connectivity index (χ1v) is 12.4. The molecule has 1 aromatic carbocycles. The van der Waals surface area contributed by atoms with Gasteiger partial charge < -0.3 is 15.2 Å². The number of imidazole rings is 1. The largest absolute Gasteiger partial charge is 0.382 e. The van der Waals surface area contributed by atoms with E-state index in [2.05, 4.69) is 27.5 Å². The Morgan fingerprint density at radius 3 is 2.81 bits per heavy atom. The maximum absolute atomic E-state index is 11.6. The van der Waals surface area contributed by atoms with Gasteiger partial charge in [0.2, 0.25) is 5.91 Å². The van der Waals surface area contributed by atoms with Crippen LogP contribution in [-0.4, -0.2) is 48.4 Å². The van der Waals surface area contributed by atoms with E-state index in [4.69, 9.17) is 15.7 Å². The Morgan fingerprint density at radius 2 is 2.06 bits per heavy atom. The zero-order valence-electron chi connectivity index (χ0n) is 18.1. The van der Waals surface area contributed by atoms with E-state index in [1.807, 2.05) is 17.0 Å². The third kappa shape index (κ3) is 4.04. The van der Waals surface area contributed by atoms with Crippen LogP contribution in [0.3, 0.4) is 0 Å². The van der Waals surface area contributed by atoms with Crippen molar-refractivity contribution in [2.75, 3.05) is 18.8 Å². The van der Waals surface area contributed by atoms with E-state index in [9.17, 15) is 4.79 Å². The van der Waals surface area contributed by atoms with E-state index in [0.717, 1.165) is 59.6 Å². The molecule has 1 aliphatic rings. The van der Waals surface area contributed by atoms with Gasteiger partial charge in [0.05, 0.1) is 10.2 Å². The summed E-state index contributed by atoms with van der Waals surface area (Å²) in [6.07, 6.45) is 4.57. The van der Waals surface area contributed by atoms with Crippen LogP contribution in [0.15, 0.2) is 34.0 Å². The second kappa shape index (κ2) is 8.67. The minimum absolute atomic E-state index is 0.168. The molecule has 2 N–H and O–H groups in total. The van der Waals surface area contributed by atoms with Crippen LogP contribution in [-0.2, 0) is 11.3 Å². The molecule has 3 aromatic heterocycles.